The van der Waals surface area contributed by atoms with E-state index in [0.717, 1.165) is 11.3 Å². The van der Waals surface area contributed by atoms with Gasteiger partial charge in [-0.25, -0.2) is 0 Å². The van der Waals surface area contributed by atoms with Crippen LogP contribution in [0, 0.1) is 6.92 Å². The Morgan fingerprint density at radius 2 is 2.00 bits per heavy atom. The summed E-state index contributed by atoms with van der Waals surface area (Å²) in [4.78, 5) is 13.0. The molecule has 2 aromatic carbocycles. The van der Waals surface area contributed by atoms with Gasteiger partial charge in [0.2, 0.25) is 0 Å². The molecule has 0 aromatic heterocycles. The van der Waals surface area contributed by atoms with Crippen molar-refractivity contribution in [2.75, 3.05) is 6.73 Å². The normalized spacial score (nSPS) is 10.3. The molecule has 0 spiro atoms. The van der Waals surface area contributed by atoms with Crippen molar-refractivity contribution in [1.82, 2.24) is 5.32 Å². The Hall–Kier alpha value is -1.78. The Morgan fingerprint density at radius 3 is 2.75 bits per heavy atom. The molecule has 0 unspecified atom stereocenters. The molecule has 0 saturated carbocycles. The van der Waals surface area contributed by atoms with Crippen LogP contribution in [-0.2, 0) is 5.75 Å². The van der Waals surface area contributed by atoms with Gasteiger partial charge < -0.3 is 10.4 Å². The van der Waals surface area contributed by atoms with Crippen LogP contribution in [-0.4, -0.2) is 17.7 Å². The molecule has 1 amide bonds. The first-order valence-electron chi connectivity index (χ1n) is 6.37. The van der Waals surface area contributed by atoms with E-state index in [0.29, 0.717) is 5.56 Å². The van der Waals surface area contributed by atoms with Crippen LogP contribution in [0.4, 0.5) is 0 Å². The number of nitrogens with one attached hydrogen (secondary N) is 1. The minimum atomic E-state index is -0.349. The second kappa shape index (κ2) is 7.12. The average Bonchev–Trinajstić information content (AvgIpc) is 2.46. The molecule has 0 heterocycles. The zero-order valence-electron chi connectivity index (χ0n) is 11.3. The van der Waals surface area contributed by atoms with Crippen molar-refractivity contribution in [2.24, 2.45) is 0 Å². The molecule has 2 aromatic rings. The summed E-state index contributed by atoms with van der Waals surface area (Å²) in [5.41, 5.74) is 2.80. The Bertz CT molecular complexity index is 599. The third-order valence-corrected chi connectivity index (χ3v) is 3.93. The molecule has 0 fully saturated rings. The van der Waals surface area contributed by atoms with Crippen molar-refractivity contribution in [2.45, 2.75) is 17.6 Å². The van der Waals surface area contributed by atoms with Crippen LogP contribution in [0.2, 0.25) is 0 Å². The van der Waals surface area contributed by atoms with Gasteiger partial charge in [0.25, 0.3) is 5.91 Å². The average molecular weight is 287 g/mol. The third kappa shape index (κ3) is 3.85. The fourth-order valence-electron chi connectivity index (χ4n) is 1.90. The lowest BCUT2D eigenvalue weighted by atomic mass is 10.1. The molecule has 0 aliphatic carbocycles. The van der Waals surface area contributed by atoms with Gasteiger partial charge in [-0.1, -0.05) is 35.9 Å². The van der Waals surface area contributed by atoms with Gasteiger partial charge in [0, 0.05) is 16.2 Å². The van der Waals surface area contributed by atoms with Crippen molar-refractivity contribution in [1.29, 1.82) is 0 Å². The molecule has 2 rings (SSSR count). The Balaban J connectivity index is 2.11. The summed E-state index contributed by atoms with van der Waals surface area (Å²) in [7, 11) is 0. The number of rotatable bonds is 5. The Morgan fingerprint density at radius 1 is 1.20 bits per heavy atom. The predicted molar refractivity (Wildman–Crippen MR) is 81.7 cm³/mol. The van der Waals surface area contributed by atoms with Crippen LogP contribution >= 0.6 is 11.8 Å². The smallest absolute Gasteiger partial charge is 0.253 e. The van der Waals surface area contributed by atoms with Crippen molar-refractivity contribution in [3.05, 3.63) is 65.2 Å². The molecule has 0 aliphatic heterocycles. The lowest BCUT2D eigenvalue weighted by Gasteiger charge is -2.09. The number of carbonyl (C=O) groups excluding carboxylic acids is 1. The first-order valence-corrected chi connectivity index (χ1v) is 7.35. The molecule has 2 N–H and O–H groups in total. The van der Waals surface area contributed by atoms with Crippen LogP contribution in [0.1, 0.15) is 21.5 Å². The fraction of sp³-hybridized carbons (Fsp3) is 0.188. The molecule has 104 valence electrons. The van der Waals surface area contributed by atoms with Crippen LogP contribution in [0.25, 0.3) is 0 Å². The number of hydrogen-bond acceptors (Lipinski definition) is 3. The Kier molecular flexibility index (Phi) is 5.21. The van der Waals surface area contributed by atoms with E-state index in [9.17, 15) is 4.79 Å². The molecule has 0 bridgehead atoms. The van der Waals surface area contributed by atoms with E-state index in [1.165, 1.54) is 10.5 Å². The van der Waals surface area contributed by atoms with Gasteiger partial charge in [0.15, 0.2) is 0 Å². The fourth-order valence-corrected chi connectivity index (χ4v) is 2.92. The number of amides is 1. The minimum absolute atomic E-state index is 0.243. The van der Waals surface area contributed by atoms with E-state index in [1.54, 1.807) is 17.8 Å². The molecular weight excluding hydrogens is 270 g/mol. The number of hydrogen-bond donors (Lipinski definition) is 2. The van der Waals surface area contributed by atoms with E-state index >= 15 is 0 Å². The summed E-state index contributed by atoms with van der Waals surface area (Å²) in [6, 6.07) is 15.7. The minimum Gasteiger partial charge on any atom is -0.376 e. The zero-order valence-corrected chi connectivity index (χ0v) is 12.1. The molecule has 20 heavy (non-hydrogen) atoms. The molecule has 0 saturated heterocycles. The zero-order chi connectivity index (χ0) is 14.4. The van der Waals surface area contributed by atoms with Gasteiger partial charge in [-0.15, -0.1) is 11.8 Å². The second-order valence-electron chi connectivity index (χ2n) is 4.43. The number of aryl methyl sites for hydroxylation is 1. The number of thioether (sulfide) groups is 1. The summed E-state index contributed by atoms with van der Waals surface area (Å²) in [6.45, 7) is 1.71. The first-order chi connectivity index (χ1) is 9.70. The summed E-state index contributed by atoms with van der Waals surface area (Å²) in [5.74, 6) is 0.478. The molecular formula is C16H17NO2S. The highest BCUT2D eigenvalue weighted by Gasteiger charge is 2.10. The van der Waals surface area contributed by atoms with Crippen LogP contribution in [0.5, 0.6) is 0 Å². The highest BCUT2D eigenvalue weighted by Crippen LogP contribution is 2.25. The monoisotopic (exact) mass is 287 g/mol. The third-order valence-electron chi connectivity index (χ3n) is 2.89. The standard InChI is InChI=1S/C16H17NO2S/c1-12-5-4-7-14(9-12)20-10-13-6-2-3-8-15(13)16(19)17-11-18/h2-9,18H,10-11H2,1H3,(H,17,19). The molecule has 4 heteroatoms. The maximum Gasteiger partial charge on any atom is 0.253 e. The number of aliphatic hydroxyl groups excluding tert-OH is 1. The van der Waals surface area contributed by atoms with E-state index in [2.05, 4.69) is 30.4 Å². The summed E-state index contributed by atoms with van der Waals surface area (Å²) in [5, 5.41) is 11.2. The van der Waals surface area contributed by atoms with Crippen molar-refractivity contribution >= 4 is 17.7 Å². The lowest BCUT2D eigenvalue weighted by Crippen LogP contribution is -2.25. The van der Waals surface area contributed by atoms with Gasteiger partial charge in [0.05, 0.1) is 0 Å². The molecule has 0 aliphatic rings. The van der Waals surface area contributed by atoms with E-state index < -0.39 is 0 Å². The lowest BCUT2D eigenvalue weighted by molar-refractivity contribution is 0.0909. The van der Waals surface area contributed by atoms with E-state index in [4.69, 9.17) is 5.11 Å². The Labute approximate surface area is 123 Å². The topological polar surface area (TPSA) is 49.3 Å². The van der Waals surface area contributed by atoms with Crippen molar-refractivity contribution in [3.63, 3.8) is 0 Å². The highest BCUT2D eigenvalue weighted by atomic mass is 32.2. The quantitative estimate of drug-likeness (QED) is 0.656. The molecule has 0 radical (unpaired) electrons. The van der Waals surface area contributed by atoms with Crippen molar-refractivity contribution in [3.8, 4) is 0 Å². The number of benzene rings is 2. The summed E-state index contributed by atoms with van der Waals surface area (Å²) >= 11 is 1.69. The predicted octanol–water partition coefficient (Wildman–Crippen LogP) is 2.97. The summed E-state index contributed by atoms with van der Waals surface area (Å²) in [6.07, 6.45) is 0. The maximum atomic E-state index is 11.9. The van der Waals surface area contributed by atoms with E-state index in [1.807, 2.05) is 24.3 Å². The van der Waals surface area contributed by atoms with Crippen LogP contribution < -0.4 is 5.32 Å². The van der Waals surface area contributed by atoms with Crippen LogP contribution in [0.3, 0.4) is 0 Å². The van der Waals surface area contributed by atoms with Gasteiger partial charge in [0.1, 0.15) is 6.73 Å². The van der Waals surface area contributed by atoms with Gasteiger partial charge in [-0.3, -0.25) is 4.79 Å². The number of aliphatic hydroxyl groups is 1. The highest BCUT2D eigenvalue weighted by molar-refractivity contribution is 7.98. The molecule has 3 nitrogen and oxygen atoms in total. The van der Waals surface area contributed by atoms with Crippen molar-refractivity contribution < 1.29 is 9.90 Å². The maximum absolute atomic E-state index is 11.9. The summed E-state index contributed by atoms with van der Waals surface area (Å²) < 4.78 is 0. The van der Waals surface area contributed by atoms with Gasteiger partial charge in [-0.05, 0) is 30.7 Å². The van der Waals surface area contributed by atoms with E-state index in [-0.39, 0.29) is 12.6 Å². The first kappa shape index (κ1) is 14.6. The largest absolute Gasteiger partial charge is 0.376 e. The number of carbonyl (C=O) groups is 1. The second-order valence-corrected chi connectivity index (χ2v) is 5.48. The van der Waals surface area contributed by atoms with Crippen LogP contribution in [0.15, 0.2) is 53.4 Å². The van der Waals surface area contributed by atoms with Gasteiger partial charge in [-0.2, -0.15) is 0 Å². The molecule has 0 atom stereocenters. The SMILES string of the molecule is Cc1cccc(SCc2ccccc2C(=O)NCO)c1. The van der Waals surface area contributed by atoms with Gasteiger partial charge >= 0.3 is 0 Å².